The number of carbonyl (C=O) groups excluding carboxylic acids is 2. The molecular weight excluding hydrogens is 320 g/mol. The number of hydrogen-bond donors (Lipinski definition) is 0. The second kappa shape index (κ2) is 17.0. The molecule has 0 aromatic rings. The van der Waals surface area contributed by atoms with E-state index >= 15 is 0 Å². The van der Waals surface area contributed by atoms with Gasteiger partial charge in [0.2, 0.25) is 0 Å². The molecule has 136 valence electrons. The van der Waals surface area contributed by atoms with Gasteiger partial charge in [-0.15, -0.1) is 0 Å². The van der Waals surface area contributed by atoms with Crippen LogP contribution in [0.1, 0.15) is 13.8 Å². The lowest BCUT2D eigenvalue weighted by Crippen LogP contribution is -2.12. The number of rotatable bonds is 16. The summed E-state index contributed by atoms with van der Waals surface area (Å²) in [6.45, 7) is 1.83. The second-order valence-electron chi connectivity index (χ2n) is 3.64. The van der Waals surface area contributed by atoms with E-state index in [9.17, 15) is 9.59 Å². The topological polar surface area (TPSA) is 117 Å². The molecule has 0 aromatic heterocycles. The molecule has 0 radical (unpaired) electrons. The molecule has 0 amide bonds. The summed E-state index contributed by atoms with van der Waals surface area (Å²) in [5, 5.41) is 0. The molecule has 0 rings (SSSR count). The first kappa shape index (κ1) is 21.7. The van der Waals surface area contributed by atoms with Gasteiger partial charge in [0.1, 0.15) is 0 Å². The van der Waals surface area contributed by atoms with Crippen LogP contribution in [0.4, 0.5) is 0 Å². The Balaban J connectivity index is 3.00. The van der Waals surface area contributed by atoms with Crippen molar-refractivity contribution < 1.29 is 52.2 Å². The first-order valence-electron chi connectivity index (χ1n) is 6.44. The van der Waals surface area contributed by atoms with Crippen LogP contribution in [0, 0.1) is 0 Å². The molecule has 0 aromatic carbocycles. The number of carbonyl (C=O) groups is 2. The zero-order valence-electron chi connectivity index (χ0n) is 13.1. The predicted molar refractivity (Wildman–Crippen MR) is 70.1 cm³/mol. The fourth-order valence-corrected chi connectivity index (χ4v) is 0.841. The Morgan fingerprint density at radius 1 is 0.478 bits per heavy atom. The lowest BCUT2D eigenvalue weighted by molar-refractivity contribution is -0.224. The molecule has 0 aliphatic rings. The molecule has 0 N–H and O–H groups in total. The van der Waals surface area contributed by atoms with Crippen LogP contribution in [0.15, 0.2) is 0 Å². The van der Waals surface area contributed by atoms with Crippen LogP contribution >= 0.6 is 0 Å². The highest BCUT2D eigenvalue weighted by atomic mass is 16.8. The summed E-state index contributed by atoms with van der Waals surface area (Å²) in [4.78, 5) is 20.8. The summed E-state index contributed by atoms with van der Waals surface area (Å²) in [6.07, 6.45) is 0. The summed E-state index contributed by atoms with van der Waals surface area (Å²) in [6, 6.07) is 0. The molecule has 0 heterocycles. The Hall–Kier alpha value is -1.34. The zero-order valence-corrected chi connectivity index (χ0v) is 13.1. The molecule has 0 aliphatic heterocycles. The highest BCUT2D eigenvalue weighted by Gasteiger charge is 1.94. The van der Waals surface area contributed by atoms with Crippen LogP contribution in [0.25, 0.3) is 0 Å². The van der Waals surface area contributed by atoms with Crippen LogP contribution < -0.4 is 0 Å². The van der Waals surface area contributed by atoms with E-state index in [1.807, 2.05) is 0 Å². The van der Waals surface area contributed by atoms with Crippen molar-refractivity contribution in [3.8, 4) is 0 Å². The predicted octanol–water partition coefficient (Wildman–Crippen LogP) is -0.111. The lowest BCUT2D eigenvalue weighted by Gasteiger charge is -2.08. The van der Waals surface area contributed by atoms with Gasteiger partial charge in [-0.3, -0.25) is 9.59 Å². The largest absolute Gasteiger partial charge is 0.439 e. The monoisotopic (exact) mass is 342 g/mol. The lowest BCUT2D eigenvalue weighted by atomic mass is 10.8. The van der Waals surface area contributed by atoms with Crippen molar-refractivity contribution in [3.63, 3.8) is 0 Å². The quantitative estimate of drug-likeness (QED) is 0.212. The van der Waals surface area contributed by atoms with E-state index in [1.54, 1.807) is 0 Å². The molecule has 0 fully saturated rings. The molecular formula is C12H22O11. The van der Waals surface area contributed by atoms with Gasteiger partial charge >= 0.3 is 11.9 Å². The molecule has 0 spiro atoms. The van der Waals surface area contributed by atoms with E-state index < -0.39 is 11.9 Å². The van der Waals surface area contributed by atoms with Crippen molar-refractivity contribution in [1.29, 1.82) is 0 Å². The Labute approximate surface area is 133 Å². The van der Waals surface area contributed by atoms with Gasteiger partial charge in [0.05, 0.1) is 0 Å². The third kappa shape index (κ3) is 20.7. The molecule has 23 heavy (non-hydrogen) atoms. The van der Waals surface area contributed by atoms with Crippen LogP contribution in [-0.4, -0.2) is 66.3 Å². The van der Waals surface area contributed by atoms with Crippen molar-refractivity contribution in [3.05, 3.63) is 0 Å². The standard InChI is InChI=1S/C12H22O11/c1-11(13)22-9-20-7-18-5-16-3-15-4-17-6-19-8-21-10-23-12(2)14/h3-10H2,1-2H3. The highest BCUT2D eigenvalue weighted by molar-refractivity contribution is 5.66. The van der Waals surface area contributed by atoms with Crippen LogP contribution in [0.3, 0.4) is 0 Å². The summed E-state index contributed by atoms with van der Waals surface area (Å²) >= 11 is 0. The average Bonchev–Trinajstić information content (AvgIpc) is 2.49. The van der Waals surface area contributed by atoms with Gasteiger partial charge in [0, 0.05) is 13.8 Å². The number of hydrogen-bond acceptors (Lipinski definition) is 11. The Kier molecular flexibility index (Phi) is 16.0. The SMILES string of the molecule is CC(=O)OCOCOCOCOCOCOCOCOC(C)=O. The van der Waals surface area contributed by atoms with Crippen molar-refractivity contribution >= 4 is 11.9 Å². The fraction of sp³-hybridized carbons (Fsp3) is 0.833. The Morgan fingerprint density at radius 2 is 0.696 bits per heavy atom. The van der Waals surface area contributed by atoms with Gasteiger partial charge in [-0.05, 0) is 0 Å². The minimum atomic E-state index is -0.436. The maximum Gasteiger partial charge on any atom is 0.304 e. The van der Waals surface area contributed by atoms with E-state index in [1.165, 1.54) is 13.8 Å². The van der Waals surface area contributed by atoms with E-state index in [4.69, 9.17) is 33.2 Å². The third-order valence-corrected chi connectivity index (χ3v) is 1.69. The normalized spacial score (nSPS) is 10.5. The molecule has 0 saturated heterocycles. The van der Waals surface area contributed by atoms with Crippen molar-refractivity contribution in [1.82, 2.24) is 0 Å². The van der Waals surface area contributed by atoms with Gasteiger partial charge in [0.15, 0.2) is 54.3 Å². The molecule has 0 saturated carbocycles. The molecule has 0 unspecified atom stereocenters. The zero-order chi connectivity index (χ0) is 17.2. The van der Waals surface area contributed by atoms with Gasteiger partial charge in [-0.2, -0.15) is 0 Å². The number of esters is 2. The Bertz CT molecular complexity index is 269. The molecule has 0 atom stereocenters. The van der Waals surface area contributed by atoms with Gasteiger partial charge < -0.3 is 42.6 Å². The van der Waals surface area contributed by atoms with Crippen LogP contribution in [0.2, 0.25) is 0 Å². The minimum absolute atomic E-state index is 0.0487. The van der Waals surface area contributed by atoms with Gasteiger partial charge in [-0.25, -0.2) is 0 Å². The van der Waals surface area contributed by atoms with Crippen molar-refractivity contribution in [2.75, 3.05) is 54.3 Å². The van der Waals surface area contributed by atoms with Gasteiger partial charge in [0.25, 0.3) is 0 Å². The summed E-state index contributed by atoms with van der Waals surface area (Å²) in [7, 11) is 0. The molecule has 11 heteroatoms. The summed E-state index contributed by atoms with van der Waals surface area (Å²) in [5.41, 5.74) is 0. The van der Waals surface area contributed by atoms with Gasteiger partial charge in [-0.1, -0.05) is 0 Å². The maximum absolute atomic E-state index is 10.4. The third-order valence-electron chi connectivity index (χ3n) is 1.69. The average molecular weight is 342 g/mol. The van der Waals surface area contributed by atoms with Crippen molar-refractivity contribution in [2.45, 2.75) is 13.8 Å². The van der Waals surface area contributed by atoms with E-state index in [2.05, 4.69) is 9.47 Å². The Morgan fingerprint density at radius 3 is 0.913 bits per heavy atom. The van der Waals surface area contributed by atoms with E-state index in [-0.39, 0.29) is 54.3 Å². The molecule has 0 aliphatic carbocycles. The minimum Gasteiger partial charge on any atom is -0.439 e. The first-order valence-corrected chi connectivity index (χ1v) is 6.44. The summed E-state index contributed by atoms with van der Waals surface area (Å²) in [5.74, 6) is -0.871. The van der Waals surface area contributed by atoms with E-state index in [0.717, 1.165) is 0 Å². The molecule has 0 bridgehead atoms. The highest BCUT2D eigenvalue weighted by Crippen LogP contribution is 1.87. The van der Waals surface area contributed by atoms with Crippen LogP contribution in [0.5, 0.6) is 0 Å². The number of ether oxygens (including phenoxy) is 9. The smallest absolute Gasteiger partial charge is 0.304 e. The first-order chi connectivity index (χ1) is 11.1. The van der Waals surface area contributed by atoms with Crippen LogP contribution in [-0.2, 0) is 52.2 Å². The summed E-state index contributed by atoms with van der Waals surface area (Å²) < 4.78 is 43.1. The second-order valence-corrected chi connectivity index (χ2v) is 3.64. The van der Waals surface area contributed by atoms with Crippen molar-refractivity contribution in [2.24, 2.45) is 0 Å². The maximum atomic E-state index is 10.4. The molecule has 11 nitrogen and oxygen atoms in total. The fourth-order valence-electron chi connectivity index (χ4n) is 0.841. The van der Waals surface area contributed by atoms with E-state index in [0.29, 0.717) is 0 Å².